The zero-order valence-electron chi connectivity index (χ0n) is 11.5. The SMILES string of the molecule is Cn1cc(S(C)(=N)=O)c(CNc2nc3cccnc3s2)n1. The predicted molar refractivity (Wildman–Crippen MR) is 83.0 cm³/mol. The van der Waals surface area contributed by atoms with Gasteiger partial charge >= 0.3 is 0 Å². The second-order valence-electron chi connectivity index (χ2n) is 4.66. The number of nitrogens with zero attached hydrogens (tertiary/aromatic N) is 4. The summed E-state index contributed by atoms with van der Waals surface area (Å²) in [6.45, 7) is 0.375. The zero-order chi connectivity index (χ0) is 15.0. The Hall–Kier alpha value is -2.00. The summed E-state index contributed by atoms with van der Waals surface area (Å²) in [5.41, 5.74) is 1.44. The van der Waals surface area contributed by atoms with Crippen LogP contribution in [-0.2, 0) is 23.3 Å². The molecule has 3 heterocycles. The van der Waals surface area contributed by atoms with Crippen molar-refractivity contribution in [3.63, 3.8) is 0 Å². The predicted octanol–water partition coefficient (Wildman–Crippen LogP) is 2.07. The minimum Gasteiger partial charge on any atom is -0.356 e. The smallest absolute Gasteiger partial charge is 0.185 e. The molecule has 0 radical (unpaired) electrons. The van der Waals surface area contributed by atoms with E-state index in [1.165, 1.54) is 17.6 Å². The van der Waals surface area contributed by atoms with Crippen LogP contribution in [0.5, 0.6) is 0 Å². The molecule has 0 saturated heterocycles. The molecular weight excluding hydrogens is 308 g/mol. The largest absolute Gasteiger partial charge is 0.356 e. The van der Waals surface area contributed by atoms with Crippen LogP contribution in [-0.4, -0.2) is 30.2 Å². The quantitative estimate of drug-likeness (QED) is 0.766. The van der Waals surface area contributed by atoms with Crippen molar-refractivity contribution in [3.8, 4) is 0 Å². The van der Waals surface area contributed by atoms with Crippen molar-refractivity contribution < 1.29 is 4.21 Å². The lowest BCUT2D eigenvalue weighted by Gasteiger charge is -2.02. The van der Waals surface area contributed by atoms with Gasteiger partial charge in [-0.3, -0.25) is 4.68 Å². The van der Waals surface area contributed by atoms with Crippen molar-refractivity contribution in [2.75, 3.05) is 11.6 Å². The molecule has 3 rings (SSSR count). The molecule has 0 fully saturated rings. The monoisotopic (exact) mass is 322 g/mol. The van der Waals surface area contributed by atoms with E-state index in [0.29, 0.717) is 17.1 Å². The van der Waals surface area contributed by atoms with Gasteiger partial charge in [0.2, 0.25) is 0 Å². The van der Waals surface area contributed by atoms with Gasteiger partial charge in [0.1, 0.15) is 10.3 Å². The Morgan fingerprint density at radius 3 is 3.05 bits per heavy atom. The highest BCUT2D eigenvalue weighted by molar-refractivity contribution is 7.91. The maximum Gasteiger partial charge on any atom is 0.185 e. The number of aryl methyl sites for hydroxylation is 1. The molecule has 3 aromatic heterocycles. The van der Waals surface area contributed by atoms with Gasteiger partial charge in [0, 0.05) is 25.7 Å². The second-order valence-corrected chi connectivity index (χ2v) is 7.76. The molecule has 1 unspecified atom stereocenters. The molecule has 0 aliphatic carbocycles. The van der Waals surface area contributed by atoms with E-state index >= 15 is 0 Å². The van der Waals surface area contributed by atoms with E-state index in [1.54, 1.807) is 24.1 Å². The third kappa shape index (κ3) is 2.88. The van der Waals surface area contributed by atoms with E-state index < -0.39 is 9.73 Å². The molecule has 0 aromatic carbocycles. The third-order valence-corrected chi connectivity index (χ3v) is 4.98. The number of nitrogens with one attached hydrogen (secondary N) is 2. The number of fused-ring (bicyclic) bond motifs is 1. The summed E-state index contributed by atoms with van der Waals surface area (Å²) >= 11 is 1.45. The molecule has 0 aliphatic heterocycles. The fourth-order valence-corrected chi connectivity index (χ4v) is 3.69. The fraction of sp³-hybridized carbons (Fsp3) is 0.250. The first kappa shape index (κ1) is 14.0. The maximum absolute atomic E-state index is 11.9. The summed E-state index contributed by atoms with van der Waals surface area (Å²) in [6, 6.07) is 3.74. The third-order valence-electron chi connectivity index (χ3n) is 2.86. The first-order valence-electron chi connectivity index (χ1n) is 6.15. The standard InChI is InChI=1S/C12H14N6OS2/c1-18-7-10(21(2,13)19)9(17-18)6-15-12-16-8-4-3-5-14-11(8)20-12/h3-5,7,13H,6H2,1-2H3,(H,15,16). The van der Waals surface area contributed by atoms with Gasteiger partial charge in [-0.25, -0.2) is 19.0 Å². The van der Waals surface area contributed by atoms with Crippen molar-refractivity contribution in [1.82, 2.24) is 19.7 Å². The van der Waals surface area contributed by atoms with Crippen LogP contribution in [0.15, 0.2) is 29.4 Å². The van der Waals surface area contributed by atoms with Crippen molar-refractivity contribution in [1.29, 1.82) is 4.78 Å². The van der Waals surface area contributed by atoms with Crippen LogP contribution in [0.2, 0.25) is 0 Å². The summed E-state index contributed by atoms with van der Waals surface area (Å²) < 4.78 is 21.2. The van der Waals surface area contributed by atoms with Gasteiger partial charge in [0.25, 0.3) is 0 Å². The second kappa shape index (κ2) is 5.08. The molecule has 0 amide bonds. The van der Waals surface area contributed by atoms with E-state index in [0.717, 1.165) is 15.5 Å². The van der Waals surface area contributed by atoms with Crippen LogP contribution >= 0.6 is 11.3 Å². The highest BCUT2D eigenvalue weighted by atomic mass is 32.2. The first-order chi connectivity index (χ1) is 9.93. The van der Waals surface area contributed by atoms with E-state index in [4.69, 9.17) is 4.78 Å². The number of thiazole rings is 1. The van der Waals surface area contributed by atoms with Crippen molar-refractivity contribution in [2.24, 2.45) is 7.05 Å². The van der Waals surface area contributed by atoms with Crippen LogP contribution in [0, 0.1) is 4.78 Å². The zero-order valence-corrected chi connectivity index (χ0v) is 13.2. The minimum absolute atomic E-state index is 0.375. The van der Waals surface area contributed by atoms with Gasteiger partial charge in [-0.05, 0) is 12.1 Å². The Morgan fingerprint density at radius 1 is 1.52 bits per heavy atom. The molecule has 7 nitrogen and oxygen atoms in total. The Bertz CT molecular complexity index is 863. The number of anilines is 1. The molecule has 3 aromatic rings. The molecule has 9 heteroatoms. The number of pyridine rings is 1. The van der Waals surface area contributed by atoms with Crippen LogP contribution in [0.25, 0.3) is 10.3 Å². The van der Waals surface area contributed by atoms with E-state index in [1.807, 2.05) is 12.1 Å². The van der Waals surface area contributed by atoms with Gasteiger partial charge in [-0.1, -0.05) is 11.3 Å². The lowest BCUT2D eigenvalue weighted by atomic mass is 10.4. The van der Waals surface area contributed by atoms with E-state index in [-0.39, 0.29) is 0 Å². The van der Waals surface area contributed by atoms with Crippen molar-refractivity contribution >= 4 is 36.5 Å². The summed E-state index contributed by atoms with van der Waals surface area (Å²) in [5, 5.41) is 8.15. The van der Waals surface area contributed by atoms with Gasteiger partial charge in [-0.2, -0.15) is 5.10 Å². The van der Waals surface area contributed by atoms with Crippen LogP contribution < -0.4 is 5.32 Å². The van der Waals surface area contributed by atoms with E-state index in [2.05, 4.69) is 20.4 Å². The minimum atomic E-state index is -2.79. The molecular formula is C12H14N6OS2. The molecule has 21 heavy (non-hydrogen) atoms. The fourth-order valence-electron chi connectivity index (χ4n) is 1.97. The normalized spacial score (nSPS) is 14.2. The molecule has 0 bridgehead atoms. The lowest BCUT2D eigenvalue weighted by molar-refractivity contribution is 0.678. The molecule has 1 atom stereocenters. The Labute approximate surface area is 126 Å². The molecule has 110 valence electrons. The van der Waals surface area contributed by atoms with E-state index in [9.17, 15) is 4.21 Å². The number of rotatable bonds is 4. The lowest BCUT2D eigenvalue weighted by Crippen LogP contribution is -2.05. The van der Waals surface area contributed by atoms with Gasteiger partial charge in [0.15, 0.2) is 5.13 Å². The molecule has 0 aliphatic rings. The average molecular weight is 322 g/mol. The molecule has 0 spiro atoms. The van der Waals surface area contributed by atoms with Gasteiger partial charge in [-0.15, -0.1) is 0 Å². The molecule has 2 N–H and O–H groups in total. The van der Waals surface area contributed by atoms with Crippen molar-refractivity contribution in [3.05, 3.63) is 30.2 Å². The first-order valence-corrected chi connectivity index (χ1v) is 8.93. The summed E-state index contributed by atoms with van der Waals surface area (Å²) in [7, 11) is -1.04. The van der Waals surface area contributed by atoms with Crippen LogP contribution in [0.3, 0.4) is 0 Å². The molecule has 0 saturated carbocycles. The maximum atomic E-state index is 11.9. The number of aromatic nitrogens is 4. The number of hydrogen-bond acceptors (Lipinski definition) is 7. The average Bonchev–Trinajstić information content (AvgIpc) is 2.98. The number of hydrogen-bond donors (Lipinski definition) is 2. The highest BCUT2D eigenvalue weighted by Crippen LogP contribution is 2.24. The van der Waals surface area contributed by atoms with Crippen molar-refractivity contribution in [2.45, 2.75) is 11.4 Å². The summed E-state index contributed by atoms with van der Waals surface area (Å²) in [5.74, 6) is 0. The summed E-state index contributed by atoms with van der Waals surface area (Å²) in [4.78, 5) is 9.97. The Kier molecular flexibility index (Phi) is 3.38. The van der Waals surface area contributed by atoms with Gasteiger partial charge in [0.05, 0.1) is 26.9 Å². The van der Waals surface area contributed by atoms with Crippen LogP contribution in [0.4, 0.5) is 5.13 Å². The summed E-state index contributed by atoms with van der Waals surface area (Å²) in [6.07, 6.45) is 4.76. The highest BCUT2D eigenvalue weighted by Gasteiger charge is 2.15. The van der Waals surface area contributed by atoms with Crippen LogP contribution in [0.1, 0.15) is 5.69 Å². The topological polar surface area (TPSA) is 96.6 Å². The Morgan fingerprint density at radius 2 is 2.33 bits per heavy atom. The Balaban J connectivity index is 1.85. The van der Waals surface area contributed by atoms with Gasteiger partial charge < -0.3 is 5.32 Å².